The van der Waals surface area contributed by atoms with E-state index in [4.69, 9.17) is 4.74 Å². The second-order valence-corrected chi connectivity index (χ2v) is 7.65. The van der Waals surface area contributed by atoms with Crippen LogP contribution >= 0.6 is 15.9 Å². The molecule has 0 saturated carbocycles. The Morgan fingerprint density at radius 1 is 1.28 bits per heavy atom. The summed E-state index contributed by atoms with van der Waals surface area (Å²) >= 11 is 3.40. The second-order valence-electron chi connectivity index (χ2n) is 6.73. The predicted molar refractivity (Wildman–Crippen MR) is 101 cm³/mol. The molecule has 2 amide bonds. The van der Waals surface area contributed by atoms with E-state index in [9.17, 15) is 9.59 Å². The molecule has 1 heterocycles. The van der Waals surface area contributed by atoms with Gasteiger partial charge in [0.25, 0.3) is 0 Å². The molecule has 25 heavy (non-hydrogen) atoms. The number of nitrogens with one attached hydrogen (secondary N) is 1. The molecule has 6 heteroatoms. The lowest BCUT2D eigenvalue weighted by Gasteiger charge is -2.26. The lowest BCUT2D eigenvalue weighted by Crippen LogP contribution is -2.50. The number of halogens is 1. The van der Waals surface area contributed by atoms with Crippen LogP contribution in [0.15, 0.2) is 28.7 Å². The van der Waals surface area contributed by atoms with Crippen molar-refractivity contribution in [1.29, 1.82) is 0 Å². The lowest BCUT2D eigenvalue weighted by molar-refractivity contribution is -0.136. The van der Waals surface area contributed by atoms with Crippen molar-refractivity contribution in [3.8, 4) is 5.75 Å². The first-order valence-corrected chi connectivity index (χ1v) is 9.73. The summed E-state index contributed by atoms with van der Waals surface area (Å²) in [6, 6.07) is 7.18. The van der Waals surface area contributed by atoms with E-state index in [-0.39, 0.29) is 17.7 Å². The minimum atomic E-state index is -0.434. The van der Waals surface area contributed by atoms with Gasteiger partial charge in [0, 0.05) is 24.0 Å². The van der Waals surface area contributed by atoms with Gasteiger partial charge >= 0.3 is 0 Å². The van der Waals surface area contributed by atoms with E-state index in [1.165, 1.54) is 0 Å². The summed E-state index contributed by atoms with van der Waals surface area (Å²) in [5, 5.41) is 2.91. The maximum absolute atomic E-state index is 12.6. The Kier molecular flexibility index (Phi) is 7.75. The van der Waals surface area contributed by atoms with Crippen LogP contribution in [0.3, 0.4) is 0 Å². The Bertz CT molecular complexity index is 586. The predicted octanol–water partition coefficient (Wildman–Crippen LogP) is 3.37. The van der Waals surface area contributed by atoms with Crippen LogP contribution in [0.1, 0.15) is 39.5 Å². The standard InChI is InChI=1S/C19H27BrN2O3/c1-14(2)18(19(24)22-10-3-4-11-22)21-17(23)9-6-12-25-16-8-5-7-15(20)13-16/h5,7-8,13-14,18H,3-4,6,9-12H2,1-2H3,(H,21,23)/t18-/m0/s1. The van der Waals surface area contributed by atoms with E-state index in [0.717, 1.165) is 36.2 Å². The fraction of sp³-hybridized carbons (Fsp3) is 0.579. The first kappa shape index (κ1) is 19.8. The smallest absolute Gasteiger partial charge is 0.245 e. The topological polar surface area (TPSA) is 58.6 Å². The van der Waals surface area contributed by atoms with Crippen LogP contribution in [0, 0.1) is 5.92 Å². The Labute approximate surface area is 158 Å². The first-order valence-electron chi connectivity index (χ1n) is 8.94. The number of hydrogen-bond acceptors (Lipinski definition) is 3. The second kappa shape index (κ2) is 9.80. The molecule has 1 aromatic carbocycles. The number of likely N-dealkylation sites (tertiary alicyclic amines) is 1. The summed E-state index contributed by atoms with van der Waals surface area (Å²) in [6.07, 6.45) is 3.07. The molecule has 1 fully saturated rings. The Morgan fingerprint density at radius 2 is 2.00 bits per heavy atom. The summed E-state index contributed by atoms with van der Waals surface area (Å²) in [5.41, 5.74) is 0. The summed E-state index contributed by atoms with van der Waals surface area (Å²) in [6.45, 7) is 6.01. The Morgan fingerprint density at radius 3 is 2.64 bits per heavy atom. The molecule has 1 N–H and O–H groups in total. The third-order valence-electron chi connectivity index (χ3n) is 4.28. The molecule has 1 aliphatic rings. The number of nitrogens with zero attached hydrogens (tertiary/aromatic N) is 1. The first-order chi connectivity index (χ1) is 12.0. The number of carbonyl (C=O) groups excluding carboxylic acids is 2. The van der Waals surface area contributed by atoms with Crippen molar-refractivity contribution >= 4 is 27.7 Å². The van der Waals surface area contributed by atoms with Crippen molar-refractivity contribution in [2.75, 3.05) is 19.7 Å². The van der Waals surface area contributed by atoms with Gasteiger partial charge in [-0.3, -0.25) is 9.59 Å². The van der Waals surface area contributed by atoms with Gasteiger partial charge in [-0.05, 0) is 43.4 Å². The van der Waals surface area contributed by atoms with E-state index in [1.54, 1.807) is 0 Å². The molecule has 1 aliphatic heterocycles. The van der Waals surface area contributed by atoms with E-state index >= 15 is 0 Å². The zero-order chi connectivity index (χ0) is 18.2. The highest BCUT2D eigenvalue weighted by Crippen LogP contribution is 2.18. The summed E-state index contributed by atoms with van der Waals surface area (Å²) in [7, 11) is 0. The van der Waals surface area contributed by atoms with Gasteiger partial charge in [-0.15, -0.1) is 0 Å². The van der Waals surface area contributed by atoms with E-state index in [1.807, 2.05) is 43.0 Å². The summed E-state index contributed by atoms with van der Waals surface area (Å²) in [4.78, 5) is 26.6. The molecule has 0 aromatic heterocycles. The van der Waals surface area contributed by atoms with Crippen molar-refractivity contribution in [3.63, 3.8) is 0 Å². The fourth-order valence-corrected chi connectivity index (χ4v) is 3.25. The minimum absolute atomic E-state index is 0.0474. The quantitative estimate of drug-likeness (QED) is 0.668. The third-order valence-corrected chi connectivity index (χ3v) is 4.77. The van der Waals surface area contributed by atoms with E-state index in [0.29, 0.717) is 19.4 Å². The van der Waals surface area contributed by atoms with Crippen LogP contribution in [0.25, 0.3) is 0 Å². The molecule has 0 bridgehead atoms. The minimum Gasteiger partial charge on any atom is -0.494 e. The average molecular weight is 411 g/mol. The molecule has 1 saturated heterocycles. The van der Waals surface area contributed by atoms with Gasteiger partial charge in [0.05, 0.1) is 6.61 Å². The van der Waals surface area contributed by atoms with Crippen molar-refractivity contribution in [2.24, 2.45) is 5.92 Å². The molecule has 0 radical (unpaired) electrons. The molecule has 1 atom stereocenters. The SMILES string of the molecule is CC(C)[C@H](NC(=O)CCCOc1cccc(Br)c1)C(=O)N1CCCC1. The zero-order valence-electron chi connectivity index (χ0n) is 15.0. The fourth-order valence-electron chi connectivity index (χ4n) is 2.87. The van der Waals surface area contributed by atoms with Gasteiger partial charge in [-0.1, -0.05) is 35.8 Å². The lowest BCUT2D eigenvalue weighted by atomic mass is 10.0. The highest BCUT2D eigenvalue weighted by atomic mass is 79.9. The van der Waals surface area contributed by atoms with Crippen LogP contribution in [-0.2, 0) is 9.59 Å². The molecule has 0 unspecified atom stereocenters. The van der Waals surface area contributed by atoms with E-state index in [2.05, 4.69) is 21.2 Å². The van der Waals surface area contributed by atoms with Gasteiger partial charge in [0.2, 0.25) is 11.8 Å². The number of carbonyl (C=O) groups is 2. The highest BCUT2D eigenvalue weighted by Gasteiger charge is 2.29. The third kappa shape index (κ3) is 6.34. The normalized spacial score (nSPS) is 15.3. The van der Waals surface area contributed by atoms with Crippen molar-refractivity contribution < 1.29 is 14.3 Å². The largest absolute Gasteiger partial charge is 0.494 e. The van der Waals surface area contributed by atoms with Gasteiger partial charge in [-0.2, -0.15) is 0 Å². The maximum atomic E-state index is 12.6. The molecular formula is C19H27BrN2O3. The average Bonchev–Trinajstić information content (AvgIpc) is 3.10. The van der Waals surface area contributed by atoms with Crippen LogP contribution in [0.4, 0.5) is 0 Å². The zero-order valence-corrected chi connectivity index (χ0v) is 16.5. The van der Waals surface area contributed by atoms with Crippen LogP contribution in [0.2, 0.25) is 0 Å². The van der Waals surface area contributed by atoms with Gasteiger partial charge in [-0.25, -0.2) is 0 Å². The van der Waals surface area contributed by atoms with Gasteiger partial charge in [0.15, 0.2) is 0 Å². The maximum Gasteiger partial charge on any atom is 0.245 e. The summed E-state index contributed by atoms with van der Waals surface area (Å²) in [5.74, 6) is 0.810. The van der Waals surface area contributed by atoms with Gasteiger partial charge < -0.3 is 15.0 Å². The van der Waals surface area contributed by atoms with Crippen LogP contribution < -0.4 is 10.1 Å². The number of rotatable bonds is 8. The molecule has 138 valence electrons. The van der Waals surface area contributed by atoms with Crippen molar-refractivity contribution in [1.82, 2.24) is 10.2 Å². The molecule has 0 aliphatic carbocycles. The molecule has 5 nitrogen and oxygen atoms in total. The van der Waals surface area contributed by atoms with E-state index < -0.39 is 6.04 Å². The highest BCUT2D eigenvalue weighted by molar-refractivity contribution is 9.10. The number of benzene rings is 1. The number of hydrogen-bond donors (Lipinski definition) is 1. The Hall–Kier alpha value is -1.56. The number of ether oxygens (including phenoxy) is 1. The van der Waals surface area contributed by atoms with Crippen molar-refractivity contribution in [3.05, 3.63) is 28.7 Å². The molecule has 1 aromatic rings. The Balaban J connectivity index is 1.74. The van der Waals surface area contributed by atoms with Gasteiger partial charge in [0.1, 0.15) is 11.8 Å². The summed E-state index contributed by atoms with van der Waals surface area (Å²) < 4.78 is 6.59. The molecule has 0 spiro atoms. The monoisotopic (exact) mass is 410 g/mol. The molecule has 2 rings (SSSR count). The van der Waals surface area contributed by atoms with Crippen molar-refractivity contribution in [2.45, 2.75) is 45.6 Å². The van der Waals surface area contributed by atoms with Crippen LogP contribution in [-0.4, -0.2) is 42.5 Å². The molecular weight excluding hydrogens is 384 g/mol. The number of amides is 2. The van der Waals surface area contributed by atoms with Crippen LogP contribution in [0.5, 0.6) is 5.75 Å².